The van der Waals surface area contributed by atoms with Gasteiger partial charge in [0.1, 0.15) is 0 Å². The van der Waals surface area contributed by atoms with E-state index in [4.69, 9.17) is 4.74 Å². The quantitative estimate of drug-likeness (QED) is 0.341. The lowest BCUT2D eigenvalue weighted by Crippen LogP contribution is -2.44. The normalized spacial score (nSPS) is 17.9. The third kappa shape index (κ3) is 6.29. The van der Waals surface area contributed by atoms with Gasteiger partial charge in [-0.15, -0.1) is 0 Å². The van der Waals surface area contributed by atoms with Crippen LogP contribution in [0.15, 0.2) is 35.3 Å². The van der Waals surface area contributed by atoms with Crippen LogP contribution >= 0.6 is 0 Å². The summed E-state index contributed by atoms with van der Waals surface area (Å²) >= 11 is 0. The zero-order valence-electron chi connectivity index (χ0n) is 16.3. The number of nitrogens with one attached hydrogen (secondary N) is 2. The zero-order chi connectivity index (χ0) is 18.7. The standard InChI is InChI=1S/C21H35N3O2/c1-3-26-14-13-21(11-7-8-12-21)17-24-20(22-2)23-15-19(16-25)18-9-5-4-6-10-18/h4-6,9-10,19,25H,3,7-8,11-17H2,1-2H3,(H2,22,23,24). The first-order valence-corrected chi connectivity index (χ1v) is 9.91. The Labute approximate surface area is 158 Å². The van der Waals surface area contributed by atoms with Gasteiger partial charge in [0.25, 0.3) is 0 Å². The van der Waals surface area contributed by atoms with Gasteiger partial charge in [-0.3, -0.25) is 4.99 Å². The lowest BCUT2D eigenvalue weighted by Gasteiger charge is -2.30. The second kappa shape index (κ2) is 11.2. The number of nitrogens with zero attached hydrogens (tertiary/aromatic N) is 1. The van der Waals surface area contributed by atoms with E-state index < -0.39 is 0 Å². The molecule has 1 aliphatic rings. The molecule has 1 aromatic carbocycles. The Balaban J connectivity index is 1.84. The lowest BCUT2D eigenvalue weighted by molar-refractivity contribution is 0.105. The molecule has 2 rings (SSSR count). The number of benzene rings is 1. The van der Waals surface area contributed by atoms with Gasteiger partial charge in [0, 0.05) is 39.3 Å². The summed E-state index contributed by atoms with van der Waals surface area (Å²) in [4.78, 5) is 4.36. The third-order valence-corrected chi connectivity index (χ3v) is 5.51. The molecule has 0 saturated heterocycles. The van der Waals surface area contributed by atoms with E-state index >= 15 is 0 Å². The van der Waals surface area contributed by atoms with E-state index in [1.807, 2.05) is 18.2 Å². The average Bonchev–Trinajstić information content (AvgIpc) is 3.15. The van der Waals surface area contributed by atoms with Crippen molar-refractivity contribution in [2.45, 2.75) is 44.9 Å². The fourth-order valence-electron chi connectivity index (χ4n) is 3.80. The molecule has 0 bridgehead atoms. The molecule has 26 heavy (non-hydrogen) atoms. The summed E-state index contributed by atoms with van der Waals surface area (Å²) in [5, 5.41) is 16.6. The van der Waals surface area contributed by atoms with Crippen molar-refractivity contribution >= 4 is 5.96 Å². The summed E-state index contributed by atoms with van der Waals surface area (Å²) in [5.74, 6) is 0.871. The number of ether oxygens (including phenoxy) is 1. The number of aliphatic imine (C=N–C) groups is 1. The molecule has 1 aromatic rings. The minimum atomic E-state index is 0.0631. The molecule has 0 amide bonds. The van der Waals surface area contributed by atoms with Crippen LogP contribution in [0.5, 0.6) is 0 Å². The second-order valence-corrected chi connectivity index (χ2v) is 7.25. The highest BCUT2D eigenvalue weighted by molar-refractivity contribution is 5.79. The number of hydrogen-bond donors (Lipinski definition) is 3. The van der Waals surface area contributed by atoms with Gasteiger partial charge >= 0.3 is 0 Å². The maximum Gasteiger partial charge on any atom is 0.191 e. The molecule has 1 saturated carbocycles. The minimum Gasteiger partial charge on any atom is -0.396 e. The van der Waals surface area contributed by atoms with Crippen molar-refractivity contribution in [2.75, 3.05) is 40.0 Å². The van der Waals surface area contributed by atoms with Crippen LogP contribution in [0.2, 0.25) is 0 Å². The summed E-state index contributed by atoms with van der Waals surface area (Å²) in [6.07, 6.45) is 6.23. The van der Waals surface area contributed by atoms with Crippen LogP contribution in [0.25, 0.3) is 0 Å². The highest BCUT2D eigenvalue weighted by Gasteiger charge is 2.33. The molecule has 0 heterocycles. The van der Waals surface area contributed by atoms with Crippen molar-refractivity contribution in [2.24, 2.45) is 10.4 Å². The van der Waals surface area contributed by atoms with Crippen LogP contribution in [-0.2, 0) is 4.74 Å². The van der Waals surface area contributed by atoms with Gasteiger partial charge in [0.15, 0.2) is 5.96 Å². The Morgan fingerprint density at radius 1 is 1.23 bits per heavy atom. The van der Waals surface area contributed by atoms with Gasteiger partial charge < -0.3 is 20.5 Å². The smallest absolute Gasteiger partial charge is 0.191 e. The van der Waals surface area contributed by atoms with Gasteiger partial charge in [-0.1, -0.05) is 43.2 Å². The first kappa shape index (κ1) is 20.7. The first-order valence-electron chi connectivity index (χ1n) is 9.91. The van der Waals surface area contributed by atoms with Gasteiger partial charge in [-0.25, -0.2) is 0 Å². The second-order valence-electron chi connectivity index (χ2n) is 7.25. The predicted octanol–water partition coefficient (Wildman–Crippen LogP) is 2.91. The first-order chi connectivity index (χ1) is 12.7. The number of guanidine groups is 1. The summed E-state index contributed by atoms with van der Waals surface area (Å²) in [6.45, 7) is 5.38. The van der Waals surface area contributed by atoms with Crippen molar-refractivity contribution in [3.63, 3.8) is 0 Å². The molecule has 0 radical (unpaired) electrons. The van der Waals surface area contributed by atoms with Crippen LogP contribution in [0.4, 0.5) is 0 Å². The molecule has 1 fully saturated rings. The van der Waals surface area contributed by atoms with E-state index in [-0.39, 0.29) is 12.5 Å². The SMILES string of the molecule is CCOCCC1(CNC(=NC)NCC(CO)c2ccccc2)CCCC1. The van der Waals surface area contributed by atoms with E-state index in [2.05, 4.69) is 34.7 Å². The van der Waals surface area contributed by atoms with Crippen LogP contribution in [-0.4, -0.2) is 51.0 Å². The summed E-state index contributed by atoms with van der Waals surface area (Å²) in [6, 6.07) is 10.1. The predicted molar refractivity (Wildman–Crippen MR) is 108 cm³/mol. The Hall–Kier alpha value is -1.59. The monoisotopic (exact) mass is 361 g/mol. The topological polar surface area (TPSA) is 65.9 Å². The average molecular weight is 362 g/mol. The molecule has 5 nitrogen and oxygen atoms in total. The highest BCUT2D eigenvalue weighted by atomic mass is 16.5. The van der Waals surface area contributed by atoms with E-state index in [9.17, 15) is 5.11 Å². The van der Waals surface area contributed by atoms with Crippen LogP contribution in [0, 0.1) is 5.41 Å². The van der Waals surface area contributed by atoms with Crippen LogP contribution in [0.1, 0.15) is 50.5 Å². The zero-order valence-corrected chi connectivity index (χ0v) is 16.3. The molecule has 1 unspecified atom stereocenters. The van der Waals surface area contributed by atoms with E-state index in [1.54, 1.807) is 7.05 Å². The largest absolute Gasteiger partial charge is 0.396 e. The molecule has 1 atom stereocenters. The van der Waals surface area contributed by atoms with Crippen molar-refractivity contribution in [1.29, 1.82) is 0 Å². The van der Waals surface area contributed by atoms with Gasteiger partial charge in [-0.2, -0.15) is 0 Å². The summed E-state index contributed by atoms with van der Waals surface area (Å²) in [5.41, 5.74) is 1.46. The number of aliphatic hydroxyl groups is 1. The molecular formula is C21H35N3O2. The van der Waals surface area contributed by atoms with Crippen molar-refractivity contribution in [1.82, 2.24) is 10.6 Å². The van der Waals surface area contributed by atoms with Gasteiger partial charge in [0.2, 0.25) is 0 Å². The highest BCUT2D eigenvalue weighted by Crippen LogP contribution is 2.40. The van der Waals surface area contributed by atoms with Crippen molar-refractivity contribution < 1.29 is 9.84 Å². The minimum absolute atomic E-state index is 0.0631. The molecular weight excluding hydrogens is 326 g/mol. The van der Waals surface area contributed by atoms with Crippen molar-refractivity contribution in [3.8, 4) is 0 Å². The molecule has 0 spiro atoms. The number of hydrogen-bond acceptors (Lipinski definition) is 3. The lowest BCUT2D eigenvalue weighted by atomic mass is 9.83. The van der Waals surface area contributed by atoms with Crippen molar-refractivity contribution in [3.05, 3.63) is 35.9 Å². The molecule has 0 aliphatic heterocycles. The maximum atomic E-state index is 9.71. The van der Waals surface area contributed by atoms with Gasteiger partial charge in [-0.05, 0) is 37.2 Å². The van der Waals surface area contributed by atoms with E-state index in [0.717, 1.165) is 37.7 Å². The molecule has 1 aliphatic carbocycles. The van der Waals surface area contributed by atoms with E-state index in [1.165, 1.54) is 25.7 Å². The molecule has 3 N–H and O–H groups in total. The van der Waals surface area contributed by atoms with E-state index in [0.29, 0.717) is 12.0 Å². The fourth-order valence-corrected chi connectivity index (χ4v) is 3.80. The maximum absolute atomic E-state index is 9.71. The van der Waals surface area contributed by atoms with Crippen LogP contribution < -0.4 is 10.6 Å². The van der Waals surface area contributed by atoms with Crippen LogP contribution in [0.3, 0.4) is 0 Å². The molecule has 5 heteroatoms. The fraction of sp³-hybridized carbons (Fsp3) is 0.667. The third-order valence-electron chi connectivity index (χ3n) is 5.51. The summed E-state index contributed by atoms with van der Waals surface area (Å²) < 4.78 is 5.59. The summed E-state index contributed by atoms with van der Waals surface area (Å²) in [7, 11) is 1.80. The Morgan fingerprint density at radius 3 is 2.58 bits per heavy atom. The van der Waals surface area contributed by atoms with Gasteiger partial charge in [0.05, 0.1) is 6.61 Å². The Bertz CT molecular complexity index is 527. The Morgan fingerprint density at radius 2 is 1.96 bits per heavy atom. The number of aliphatic hydroxyl groups excluding tert-OH is 1. The number of rotatable bonds is 10. The molecule has 0 aromatic heterocycles. The Kier molecular flexibility index (Phi) is 8.92. The molecule has 146 valence electrons.